The number of carbonyl (C=O) groups is 1. The summed E-state index contributed by atoms with van der Waals surface area (Å²) in [6.45, 7) is 5.26. The molecule has 0 aliphatic rings. The molecule has 0 saturated heterocycles. The number of aliphatic hydroxyl groups is 1. The molecular weight excluding hydrogens is 142 g/mol. The van der Waals surface area contributed by atoms with Gasteiger partial charge in [-0.05, 0) is 12.8 Å². The van der Waals surface area contributed by atoms with Gasteiger partial charge < -0.3 is 10.8 Å². The van der Waals surface area contributed by atoms with Crippen molar-refractivity contribution in [3.8, 4) is 0 Å². The highest BCUT2D eigenvalue weighted by molar-refractivity contribution is 5.85. The van der Waals surface area contributed by atoms with Crippen LogP contribution in [-0.2, 0) is 4.79 Å². The van der Waals surface area contributed by atoms with Crippen LogP contribution in [0.1, 0.15) is 27.2 Å². The summed E-state index contributed by atoms with van der Waals surface area (Å²) in [5, 5.41) is 8.95. The second-order valence-electron chi connectivity index (χ2n) is 3.12. The number of hydrogen-bond donors (Lipinski definition) is 2. The molecular formula is C8H16NO2. The first-order chi connectivity index (χ1) is 4.95. The van der Waals surface area contributed by atoms with E-state index in [1.54, 1.807) is 0 Å². The molecule has 0 fully saturated rings. The van der Waals surface area contributed by atoms with E-state index in [0.717, 1.165) is 5.92 Å². The van der Waals surface area contributed by atoms with E-state index < -0.39 is 12.1 Å². The average Bonchev–Trinajstić information content (AvgIpc) is 1.84. The lowest BCUT2D eigenvalue weighted by atomic mass is 10.00. The van der Waals surface area contributed by atoms with Gasteiger partial charge in [0.05, 0.1) is 12.1 Å². The molecule has 0 heterocycles. The van der Waals surface area contributed by atoms with Crippen LogP contribution in [0.2, 0.25) is 0 Å². The molecule has 0 unspecified atom stereocenters. The number of ketones is 1. The predicted molar refractivity (Wildman–Crippen MR) is 43.9 cm³/mol. The summed E-state index contributed by atoms with van der Waals surface area (Å²) in [4.78, 5) is 11.1. The van der Waals surface area contributed by atoms with E-state index in [1.807, 2.05) is 13.8 Å². The highest BCUT2D eigenvalue weighted by atomic mass is 16.3. The van der Waals surface area contributed by atoms with Gasteiger partial charge in [0.1, 0.15) is 0 Å². The molecule has 0 rings (SSSR count). The zero-order valence-electron chi connectivity index (χ0n) is 7.29. The highest BCUT2D eigenvalue weighted by Gasteiger charge is 2.18. The molecule has 0 aliphatic heterocycles. The second-order valence-corrected chi connectivity index (χ2v) is 3.12. The minimum atomic E-state index is -0.748. The number of nitrogens with two attached hydrogens (primary N) is 1. The van der Waals surface area contributed by atoms with Gasteiger partial charge in [0, 0.05) is 6.42 Å². The molecule has 2 atom stereocenters. The maximum Gasteiger partial charge on any atom is 0.152 e. The number of carbonyl (C=O) groups excluding carboxylic acids is 1. The molecule has 0 spiro atoms. The van der Waals surface area contributed by atoms with Crippen LogP contribution in [0.5, 0.6) is 0 Å². The van der Waals surface area contributed by atoms with Crippen molar-refractivity contribution in [1.82, 2.24) is 0 Å². The maximum absolute atomic E-state index is 11.1. The largest absolute Gasteiger partial charge is 0.391 e. The SMILES string of the molecule is C[C](C)CC(=O)[C@@H](N)[C@@H](C)O. The van der Waals surface area contributed by atoms with Crippen molar-refractivity contribution in [3.05, 3.63) is 5.92 Å². The van der Waals surface area contributed by atoms with Gasteiger partial charge in [-0.1, -0.05) is 13.8 Å². The Bertz CT molecular complexity index is 132. The summed E-state index contributed by atoms with van der Waals surface area (Å²) in [5.74, 6) is 0.922. The quantitative estimate of drug-likeness (QED) is 0.617. The average molecular weight is 158 g/mol. The van der Waals surface area contributed by atoms with Crippen LogP contribution in [0, 0.1) is 5.92 Å². The monoisotopic (exact) mass is 158 g/mol. The fraction of sp³-hybridized carbons (Fsp3) is 0.750. The molecule has 3 N–H and O–H groups in total. The third kappa shape index (κ3) is 4.11. The molecule has 11 heavy (non-hydrogen) atoms. The number of aliphatic hydroxyl groups excluding tert-OH is 1. The van der Waals surface area contributed by atoms with Crippen LogP contribution in [0.4, 0.5) is 0 Å². The summed E-state index contributed by atoms with van der Waals surface area (Å²) < 4.78 is 0. The molecule has 3 heteroatoms. The van der Waals surface area contributed by atoms with Crippen molar-refractivity contribution in [2.45, 2.75) is 39.3 Å². The van der Waals surface area contributed by atoms with E-state index >= 15 is 0 Å². The summed E-state index contributed by atoms with van der Waals surface area (Å²) in [6, 6.07) is -0.732. The highest BCUT2D eigenvalue weighted by Crippen LogP contribution is 2.05. The Labute approximate surface area is 67.6 Å². The molecule has 0 saturated carbocycles. The first kappa shape index (κ1) is 10.6. The Morgan fingerprint density at radius 2 is 2.00 bits per heavy atom. The van der Waals surface area contributed by atoms with Crippen LogP contribution in [0.3, 0.4) is 0 Å². The van der Waals surface area contributed by atoms with Gasteiger partial charge in [-0.15, -0.1) is 0 Å². The van der Waals surface area contributed by atoms with Crippen molar-refractivity contribution < 1.29 is 9.90 Å². The lowest BCUT2D eigenvalue weighted by Crippen LogP contribution is -2.40. The Kier molecular flexibility index (Phi) is 4.30. The van der Waals surface area contributed by atoms with Crippen molar-refractivity contribution in [2.75, 3.05) is 0 Å². The van der Waals surface area contributed by atoms with Crippen LogP contribution >= 0.6 is 0 Å². The Hall–Kier alpha value is -0.410. The van der Waals surface area contributed by atoms with Crippen molar-refractivity contribution in [1.29, 1.82) is 0 Å². The second kappa shape index (κ2) is 4.46. The van der Waals surface area contributed by atoms with Crippen LogP contribution in [0.15, 0.2) is 0 Å². The van der Waals surface area contributed by atoms with Crippen LogP contribution in [0.25, 0.3) is 0 Å². The van der Waals surface area contributed by atoms with Gasteiger partial charge in [0.25, 0.3) is 0 Å². The third-order valence-electron chi connectivity index (χ3n) is 1.42. The van der Waals surface area contributed by atoms with Gasteiger partial charge in [-0.25, -0.2) is 0 Å². The van der Waals surface area contributed by atoms with Gasteiger partial charge in [-0.2, -0.15) is 0 Å². The minimum absolute atomic E-state index is 0.0972. The van der Waals surface area contributed by atoms with E-state index in [0.29, 0.717) is 6.42 Å². The molecule has 0 aromatic heterocycles. The summed E-state index contributed by atoms with van der Waals surface area (Å²) in [5.41, 5.74) is 5.40. The molecule has 0 aliphatic carbocycles. The lowest BCUT2D eigenvalue weighted by Gasteiger charge is -2.13. The topological polar surface area (TPSA) is 63.3 Å². The lowest BCUT2D eigenvalue weighted by molar-refractivity contribution is -0.122. The molecule has 0 aromatic carbocycles. The fourth-order valence-electron chi connectivity index (χ4n) is 0.735. The molecule has 3 nitrogen and oxygen atoms in total. The van der Waals surface area contributed by atoms with Crippen LogP contribution in [-0.4, -0.2) is 23.0 Å². The molecule has 0 amide bonds. The maximum atomic E-state index is 11.1. The van der Waals surface area contributed by atoms with E-state index in [-0.39, 0.29) is 5.78 Å². The standard InChI is InChI=1S/C8H16NO2/c1-5(2)4-7(11)8(9)6(3)10/h6,8,10H,4,9H2,1-3H3/t6-,8+/m1/s1. The summed E-state index contributed by atoms with van der Waals surface area (Å²) in [6.07, 6.45) is -0.381. The first-order valence-electron chi connectivity index (χ1n) is 3.70. The Balaban J connectivity index is 3.83. The van der Waals surface area contributed by atoms with Gasteiger partial charge in [0.2, 0.25) is 0 Å². The van der Waals surface area contributed by atoms with Gasteiger partial charge >= 0.3 is 0 Å². The van der Waals surface area contributed by atoms with E-state index in [9.17, 15) is 4.79 Å². The number of Topliss-reactive ketones (excluding diaryl/α,β-unsaturated/α-hetero) is 1. The number of hydrogen-bond acceptors (Lipinski definition) is 3. The smallest absolute Gasteiger partial charge is 0.152 e. The fourth-order valence-corrected chi connectivity index (χ4v) is 0.735. The molecule has 65 valence electrons. The predicted octanol–water partition coefficient (Wildman–Crippen LogP) is 0.268. The van der Waals surface area contributed by atoms with Crippen molar-refractivity contribution in [2.24, 2.45) is 5.73 Å². The first-order valence-corrected chi connectivity index (χ1v) is 3.70. The van der Waals surface area contributed by atoms with Crippen molar-refractivity contribution >= 4 is 5.78 Å². The minimum Gasteiger partial charge on any atom is -0.391 e. The normalized spacial score (nSPS) is 16.5. The zero-order chi connectivity index (χ0) is 9.02. The van der Waals surface area contributed by atoms with E-state index in [1.165, 1.54) is 6.92 Å². The summed E-state index contributed by atoms with van der Waals surface area (Å²) in [7, 11) is 0. The summed E-state index contributed by atoms with van der Waals surface area (Å²) >= 11 is 0. The molecule has 0 aromatic rings. The van der Waals surface area contributed by atoms with E-state index in [4.69, 9.17) is 10.8 Å². The zero-order valence-corrected chi connectivity index (χ0v) is 7.29. The van der Waals surface area contributed by atoms with Gasteiger partial charge in [-0.3, -0.25) is 4.79 Å². The molecule has 0 bridgehead atoms. The van der Waals surface area contributed by atoms with Crippen molar-refractivity contribution in [3.63, 3.8) is 0 Å². The molecule has 1 radical (unpaired) electrons. The van der Waals surface area contributed by atoms with E-state index in [2.05, 4.69) is 0 Å². The number of rotatable bonds is 4. The Morgan fingerprint density at radius 3 is 2.27 bits per heavy atom. The van der Waals surface area contributed by atoms with Gasteiger partial charge in [0.15, 0.2) is 5.78 Å². The Morgan fingerprint density at radius 1 is 1.55 bits per heavy atom. The van der Waals surface area contributed by atoms with Crippen LogP contribution < -0.4 is 5.73 Å². The third-order valence-corrected chi connectivity index (χ3v) is 1.42.